The van der Waals surface area contributed by atoms with E-state index in [1.807, 2.05) is 0 Å². The fraction of sp³-hybridized carbons (Fsp3) is 0.364. The number of terminal acetylenes is 1. The molecule has 2 N–H and O–H groups in total. The fourth-order valence-electron chi connectivity index (χ4n) is 1.15. The van der Waals surface area contributed by atoms with Crippen LogP contribution in [0, 0.1) is 12.3 Å². The maximum Gasteiger partial charge on any atom is 0.355 e. The van der Waals surface area contributed by atoms with Gasteiger partial charge in [0.05, 0.1) is 6.04 Å². The maximum atomic E-state index is 11.4. The standard InChI is InChI=1S/C11H12N2O3S/c1-3-4-5-9(14)12-7(2)10-13-8(6-17-10)11(15)16/h1,6-7H,4-5H2,2H3,(H,12,14)(H,15,16). The van der Waals surface area contributed by atoms with Crippen LogP contribution in [0.2, 0.25) is 0 Å². The van der Waals surface area contributed by atoms with Gasteiger partial charge in [0.2, 0.25) is 5.91 Å². The lowest BCUT2D eigenvalue weighted by Gasteiger charge is -2.10. The predicted octanol–water partition coefficient (Wildman–Crippen LogP) is 1.43. The Balaban J connectivity index is 2.57. The molecule has 0 aliphatic heterocycles. The summed E-state index contributed by atoms with van der Waals surface area (Å²) in [5, 5.41) is 13.4. The van der Waals surface area contributed by atoms with E-state index in [-0.39, 0.29) is 24.1 Å². The molecule has 0 aromatic carbocycles. The Kier molecular flexibility index (Phi) is 4.67. The van der Waals surface area contributed by atoms with Crippen LogP contribution in [0.4, 0.5) is 0 Å². The first-order valence-corrected chi connectivity index (χ1v) is 5.84. The van der Waals surface area contributed by atoms with Crippen LogP contribution in [0.3, 0.4) is 0 Å². The highest BCUT2D eigenvalue weighted by Crippen LogP contribution is 2.18. The van der Waals surface area contributed by atoms with Crippen molar-refractivity contribution in [2.24, 2.45) is 0 Å². The number of hydrogen-bond acceptors (Lipinski definition) is 4. The molecule has 1 heterocycles. The van der Waals surface area contributed by atoms with Crippen LogP contribution in [0.1, 0.15) is 41.3 Å². The molecule has 1 amide bonds. The largest absolute Gasteiger partial charge is 0.476 e. The molecule has 0 spiro atoms. The number of aromatic nitrogens is 1. The Hall–Kier alpha value is -1.87. The number of hydrogen-bond donors (Lipinski definition) is 2. The second kappa shape index (κ2) is 6.01. The average molecular weight is 252 g/mol. The number of thiazole rings is 1. The summed E-state index contributed by atoms with van der Waals surface area (Å²) in [5.74, 6) is 1.14. The first kappa shape index (κ1) is 13.2. The van der Waals surface area contributed by atoms with Crippen molar-refractivity contribution in [1.82, 2.24) is 10.3 Å². The lowest BCUT2D eigenvalue weighted by atomic mass is 10.2. The molecule has 0 saturated heterocycles. The van der Waals surface area contributed by atoms with Crippen molar-refractivity contribution in [2.75, 3.05) is 0 Å². The van der Waals surface area contributed by atoms with Crippen molar-refractivity contribution in [3.63, 3.8) is 0 Å². The highest BCUT2D eigenvalue weighted by molar-refractivity contribution is 7.09. The first-order valence-electron chi connectivity index (χ1n) is 4.96. The van der Waals surface area contributed by atoms with Gasteiger partial charge in [-0.2, -0.15) is 0 Å². The number of nitrogens with zero attached hydrogens (tertiary/aromatic N) is 1. The molecule has 0 aliphatic rings. The fourth-order valence-corrected chi connectivity index (χ4v) is 1.95. The number of carboxylic acid groups (broad SMARTS) is 1. The molecule has 0 fully saturated rings. The molecule has 1 atom stereocenters. The van der Waals surface area contributed by atoms with Gasteiger partial charge >= 0.3 is 5.97 Å². The molecule has 0 saturated carbocycles. The molecule has 1 aromatic heterocycles. The predicted molar refractivity (Wildman–Crippen MR) is 63.7 cm³/mol. The highest BCUT2D eigenvalue weighted by Gasteiger charge is 2.15. The van der Waals surface area contributed by atoms with Crippen molar-refractivity contribution in [3.05, 3.63) is 16.1 Å². The van der Waals surface area contributed by atoms with Gasteiger partial charge in [-0.15, -0.1) is 23.7 Å². The summed E-state index contributed by atoms with van der Waals surface area (Å²) in [7, 11) is 0. The van der Waals surface area contributed by atoms with Gasteiger partial charge in [-0.1, -0.05) is 0 Å². The van der Waals surface area contributed by atoms with Crippen LogP contribution in [-0.4, -0.2) is 22.0 Å². The molecular weight excluding hydrogens is 240 g/mol. The Bertz CT molecular complexity index is 462. The lowest BCUT2D eigenvalue weighted by Crippen LogP contribution is -2.26. The summed E-state index contributed by atoms with van der Waals surface area (Å²) in [4.78, 5) is 25.9. The number of carbonyl (C=O) groups is 2. The van der Waals surface area contributed by atoms with Crippen molar-refractivity contribution in [2.45, 2.75) is 25.8 Å². The molecule has 5 nitrogen and oxygen atoms in total. The minimum Gasteiger partial charge on any atom is -0.476 e. The third-order valence-electron chi connectivity index (χ3n) is 1.99. The monoisotopic (exact) mass is 252 g/mol. The van der Waals surface area contributed by atoms with Crippen molar-refractivity contribution < 1.29 is 14.7 Å². The normalized spacial score (nSPS) is 11.5. The van der Waals surface area contributed by atoms with Crippen molar-refractivity contribution in [3.8, 4) is 12.3 Å². The van der Waals surface area contributed by atoms with Gasteiger partial charge in [0, 0.05) is 18.2 Å². The zero-order valence-electron chi connectivity index (χ0n) is 9.27. The van der Waals surface area contributed by atoms with E-state index in [0.29, 0.717) is 11.4 Å². The van der Waals surface area contributed by atoms with E-state index in [1.54, 1.807) is 6.92 Å². The van der Waals surface area contributed by atoms with Crippen LogP contribution in [0.25, 0.3) is 0 Å². The van der Waals surface area contributed by atoms with E-state index in [2.05, 4.69) is 16.2 Å². The second-order valence-corrected chi connectivity index (χ2v) is 4.26. The summed E-state index contributed by atoms with van der Waals surface area (Å²) in [6, 6.07) is -0.307. The highest BCUT2D eigenvalue weighted by atomic mass is 32.1. The minimum atomic E-state index is -1.07. The number of nitrogens with one attached hydrogen (secondary N) is 1. The molecule has 1 unspecified atom stereocenters. The molecule has 1 aromatic rings. The Morgan fingerprint density at radius 3 is 2.94 bits per heavy atom. The van der Waals surface area contributed by atoms with Gasteiger partial charge in [0.1, 0.15) is 5.01 Å². The van der Waals surface area contributed by atoms with E-state index in [9.17, 15) is 9.59 Å². The van der Waals surface area contributed by atoms with Crippen LogP contribution in [-0.2, 0) is 4.79 Å². The molecule has 90 valence electrons. The third-order valence-corrected chi connectivity index (χ3v) is 3.01. The third kappa shape index (κ3) is 3.89. The minimum absolute atomic E-state index is 0.00489. The Morgan fingerprint density at radius 2 is 2.41 bits per heavy atom. The van der Waals surface area contributed by atoms with E-state index >= 15 is 0 Å². The molecule has 0 radical (unpaired) electrons. The second-order valence-electron chi connectivity index (χ2n) is 3.37. The average Bonchev–Trinajstić information content (AvgIpc) is 2.75. The quantitative estimate of drug-likeness (QED) is 0.777. The molecule has 0 bridgehead atoms. The number of rotatable bonds is 5. The number of amides is 1. The number of aromatic carboxylic acids is 1. The summed E-state index contributed by atoms with van der Waals surface area (Å²) >= 11 is 1.20. The van der Waals surface area contributed by atoms with Crippen LogP contribution >= 0.6 is 11.3 Å². The molecule has 0 aliphatic carbocycles. The maximum absolute atomic E-state index is 11.4. The van der Waals surface area contributed by atoms with Crippen LogP contribution in [0.15, 0.2) is 5.38 Å². The SMILES string of the molecule is C#CCCC(=O)NC(C)c1nc(C(=O)O)cs1. The van der Waals surface area contributed by atoms with E-state index in [4.69, 9.17) is 11.5 Å². The van der Waals surface area contributed by atoms with E-state index in [1.165, 1.54) is 16.7 Å². The van der Waals surface area contributed by atoms with Crippen LogP contribution in [0.5, 0.6) is 0 Å². The summed E-state index contributed by atoms with van der Waals surface area (Å²) in [5.41, 5.74) is -0.00489. The number of carboxylic acids is 1. The summed E-state index contributed by atoms with van der Waals surface area (Å²) in [6.45, 7) is 1.75. The van der Waals surface area contributed by atoms with Gasteiger partial charge in [-0.25, -0.2) is 9.78 Å². The van der Waals surface area contributed by atoms with Crippen molar-refractivity contribution in [1.29, 1.82) is 0 Å². The van der Waals surface area contributed by atoms with E-state index in [0.717, 1.165) is 0 Å². The zero-order valence-corrected chi connectivity index (χ0v) is 10.1. The summed E-state index contributed by atoms with van der Waals surface area (Å²) < 4.78 is 0. The Labute approximate surface area is 103 Å². The van der Waals surface area contributed by atoms with Gasteiger partial charge in [0.15, 0.2) is 5.69 Å². The Morgan fingerprint density at radius 1 is 1.71 bits per heavy atom. The molecule has 1 rings (SSSR count). The van der Waals surface area contributed by atoms with Crippen LogP contribution < -0.4 is 5.32 Å². The topological polar surface area (TPSA) is 79.3 Å². The smallest absolute Gasteiger partial charge is 0.355 e. The van der Waals surface area contributed by atoms with Gasteiger partial charge in [-0.3, -0.25) is 4.79 Å². The first-order chi connectivity index (χ1) is 8.04. The molecular formula is C11H12N2O3S. The number of carbonyl (C=O) groups excluding carboxylic acids is 1. The van der Waals surface area contributed by atoms with E-state index < -0.39 is 5.97 Å². The van der Waals surface area contributed by atoms with Gasteiger partial charge in [0.25, 0.3) is 0 Å². The molecule has 17 heavy (non-hydrogen) atoms. The lowest BCUT2D eigenvalue weighted by molar-refractivity contribution is -0.121. The van der Waals surface area contributed by atoms with Gasteiger partial charge < -0.3 is 10.4 Å². The molecule has 6 heteroatoms. The zero-order chi connectivity index (χ0) is 12.8. The summed E-state index contributed by atoms with van der Waals surface area (Å²) in [6.07, 6.45) is 5.70. The van der Waals surface area contributed by atoms with Gasteiger partial charge in [-0.05, 0) is 6.92 Å². The van der Waals surface area contributed by atoms with Crippen molar-refractivity contribution >= 4 is 23.2 Å².